The number of benzene rings is 2. The summed E-state index contributed by atoms with van der Waals surface area (Å²) < 4.78 is 24.2. The molecule has 0 saturated heterocycles. The van der Waals surface area contributed by atoms with Crippen LogP contribution in [-0.4, -0.2) is 11.2 Å². The molecule has 0 bridgehead atoms. The standard InChI is InChI=1S/C21H18FNOS/c1-5-24-14(4)16-11-23-17-8-6-7-9-18(17)25-21-19(22)12(2)10-15(13(16)3)20(21)23/h6-11H,3-5H2,1-2H3. The fraction of sp³-hybridized carbons (Fsp3) is 0.143. The zero-order chi connectivity index (χ0) is 17.7. The van der Waals surface area contributed by atoms with Gasteiger partial charge in [-0.2, -0.15) is 0 Å². The molecule has 0 spiro atoms. The molecule has 0 fully saturated rings. The Bertz CT molecular complexity index is 1170. The van der Waals surface area contributed by atoms with Crippen molar-refractivity contribution in [1.29, 1.82) is 0 Å². The Kier molecular flexibility index (Phi) is 3.65. The molecule has 4 heteroatoms. The van der Waals surface area contributed by atoms with Gasteiger partial charge in [-0.05, 0) is 42.8 Å². The molecule has 2 nitrogen and oxygen atoms in total. The number of ether oxygens (including phenoxy) is 1. The van der Waals surface area contributed by atoms with Crippen LogP contribution in [0.2, 0.25) is 0 Å². The Balaban J connectivity index is 2.27. The summed E-state index contributed by atoms with van der Waals surface area (Å²) in [6.07, 6.45) is 1.96. The average molecular weight is 351 g/mol. The van der Waals surface area contributed by atoms with E-state index in [0.717, 1.165) is 32.1 Å². The van der Waals surface area contributed by atoms with Gasteiger partial charge in [-0.15, -0.1) is 11.3 Å². The highest BCUT2D eigenvalue weighted by Crippen LogP contribution is 2.37. The van der Waals surface area contributed by atoms with E-state index in [1.54, 1.807) is 6.92 Å². The minimum atomic E-state index is -0.170. The van der Waals surface area contributed by atoms with E-state index in [-0.39, 0.29) is 5.82 Å². The minimum absolute atomic E-state index is 0.170. The van der Waals surface area contributed by atoms with Gasteiger partial charge in [0, 0.05) is 17.1 Å². The predicted molar refractivity (Wildman–Crippen MR) is 105 cm³/mol. The van der Waals surface area contributed by atoms with Gasteiger partial charge in [0.05, 0.1) is 27.2 Å². The van der Waals surface area contributed by atoms with Crippen molar-refractivity contribution in [3.05, 3.63) is 65.3 Å². The quantitative estimate of drug-likeness (QED) is 0.273. The fourth-order valence-corrected chi connectivity index (χ4v) is 4.46. The first-order valence-electron chi connectivity index (χ1n) is 8.15. The van der Waals surface area contributed by atoms with E-state index < -0.39 is 0 Å². The second-order valence-corrected chi connectivity index (χ2v) is 7.10. The van der Waals surface area contributed by atoms with Crippen LogP contribution in [0.15, 0.2) is 43.1 Å². The van der Waals surface area contributed by atoms with Crippen LogP contribution < -0.4 is 5.22 Å². The van der Waals surface area contributed by atoms with E-state index in [0.29, 0.717) is 22.6 Å². The predicted octanol–water partition coefficient (Wildman–Crippen LogP) is 5.43. The van der Waals surface area contributed by atoms with Crippen molar-refractivity contribution in [1.82, 2.24) is 4.57 Å². The lowest BCUT2D eigenvalue weighted by molar-refractivity contribution is 0.299. The summed E-state index contributed by atoms with van der Waals surface area (Å²) in [6, 6.07) is 9.88. The number of aryl methyl sites for hydroxylation is 1. The van der Waals surface area contributed by atoms with Crippen molar-refractivity contribution in [2.75, 3.05) is 6.61 Å². The Morgan fingerprint density at radius 3 is 2.84 bits per heavy atom. The normalized spacial score (nSPS) is 11.5. The van der Waals surface area contributed by atoms with E-state index in [1.807, 2.05) is 48.0 Å². The van der Waals surface area contributed by atoms with Crippen LogP contribution in [0, 0.1) is 12.7 Å². The van der Waals surface area contributed by atoms with Gasteiger partial charge in [-0.3, -0.25) is 0 Å². The third kappa shape index (κ3) is 2.29. The van der Waals surface area contributed by atoms with E-state index in [1.165, 1.54) is 11.3 Å². The smallest absolute Gasteiger partial charge is 0.145 e. The number of rotatable bonds is 3. The molecule has 25 heavy (non-hydrogen) atoms. The average Bonchev–Trinajstić information content (AvgIpc) is 2.61. The largest absolute Gasteiger partial charge is 0.494 e. The number of hydrogen-bond acceptors (Lipinski definition) is 2. The number of aromatic nitrogens is 1. The zero-order valence-corrected chi connectivity index (χ0v) is 15.0. The van der Waals surface area contributed by atoms with Gasteiger partial charge in [-0.25, -0.2) is 4.39 Å². The van der Waals surface area contributed by atoms with Crippen LogP contribution in [-0.2, 0) is 4.74 Å². The molecule has 2 aliphatic rings. The zero-order valence-electron chi connectivity index (χ0n) is 14.2. The minimum Gasteiger partial charge on any atom is -0.494 e. The monoisotopic (exact) mass is 351 g/mol. The van der Waals surface area contributed by atoms with Crippen molar-refractivity contribution in [3.8, 4) is 5.69 Å². The highest BCUT2D eigenvalue weighted by Gasteiger charge is 2.20. The fourth-order valence-electron chi connectivity index (χ4n) is 3.27. The van der Waals surface area contributed by atoms with Crippen molar-refractivity contribution in [2.45, 2.75) is 13.8 Å². The maximum Gasteiger partial charge on any atom is 0.145 e. The summed E-state index contributed by atoms with van der Waals surface area (Å²) in [4.78, 5) is 0. The highest BCUT2D eigenvalue weighted by atomic mass is 32.1. The SMILES string of the molecule is C=C(OCC)c1cn2c3ccccc3sc3c(F)c(C)cc(c3-2)c1=C. The Morgan fingerprint density at radius 1 is 1.32 bits per heavy atom. The Morgan fingerprint density at radius 2 is 2.08 bits per heavy atom. The number of para-hydroxylation sites is 1. The Labute approximate surface area is 149 Å². The molecule has 0 aliphatic carbocycles. The molecule has 0 unspecified atom stereocenters. The van der Waals surface area contributed by atoms with Gasteiger partial charge in [0.15, 0.2) is 0 Å². The molecule has 0 radical (unpaired) electrons. The van der Waals surface area contributed by atoms with Crippen molar-refractivity contribution in [3.63, 3.8) is 0 Å². The Hall–Kier alpha value is -2.59. The second kappa shape index (κ2) is 5.74. The van der Waals surface area contributed by atoms with Gasteiger partial charge < -0.3 is 9.30 Å². The molecule has 0 aromatic heterocycles. The van der Waals surface area contributed by atoms with E-state index >= 15 is 0 Å². The third-order valence-electron chi connectivity index (χ3n) is 4.48. The second-order valence-electron chi connectivity index (χ2n) is 6.05. The van der Waals surface area contributed by atoms with Gasteiger partial charge in [-0.1, -0.05) is 25.3 Å². The lowest BCUT2D eigenvalue weighted by atomic mass is 10.0. The van der Waals surface area contributed by atoms with Crippen molar-refractivity contribution < 1.29 is 9.13 Å². The van der Waals surface area contributed by atoms with E-state index in [9.17, 15) is 4.39 Å². The van der Waals surface area contributed by atoms with E-state index in [4.69, 9.17) is 4.74 Å². The number of pyridine rings is 1. The summed E-state index contributed by atoms with van der Waals surface area (Å²) in [7, 11) is 0. The number of fused-ring (bicyclic) bond motifs is 2. The summed E-state index contributed by atoms with van der Waals surface area (Å²) in [5, 5.41) is 1.74. The molecule has 2 heterocycles. The maximum absolute atomic E-state index is 14.9. The molecule has 0 N–H and O–H groups in total. The molecule has 2 aromatic carbocycles. The van der Waals surface area contributed by atoms with Crippen LogP contribution in [0.3, 0.4) is 0 Å². The first-order valence-corrected chi connectivity index (χ1v) is 8.97. The number of nitrogens with zero attached hydrogens (tertiary/aromatic N) is 1. The molecule has 2 aliphatic heterocycles. The van der Waals surface area contributed by atoms with Crippen LogP contribution in [0.4, 0.5) is 4.39 Å². The summed E-state index contributed by atoms with van der Waals surface area (Å²) in [5.74, 6) is 0.411. The first-order chi connectivity index (χ1) is 12.0. The molecule has 2 aromatic rings. The van der Waals surface area contributed by atoms with Gasteiger partial charge >= 0.3 is 0 Å². The summed E-state index contributed by atoms with van der Waals surface area (Å²) in [5.41, 5.74) is 3.33. The van der Waals surface area contributed by atoms with E-state index in [2.05, 4.69) is 13.2 Å². The molecule has 0 saturated carbocycles. The summed E-state index contributed by atoms with van der Waals surface area (Å²) >= 11 is 1.47. The van der Waals surface area contributed by atoms with Crippen LogP contribution >= 0.6 is 11.3 Å². The molecule has 126 valence electrons. The first kappa shape index (κ1) is 15.9. The van der Waals surface area contributed by atoms with Gasteiger partial charge in [0.25, 0.3) is 0 Å². The van der Waals surface area contributed by atoms with Crippen LogP contribution in [0.25, 0.3) is 38.3 Å². The molecular weight excluding hydrogens is 333 g/mol. The molecule has 4 rings (SSSR count). The lowest BCUT2D eigenvalue weighted by Crippen LogP contribution is -2.17. The highest BCUT2D eigenvalue weighted by molar-refractivity contribution is 7.24. The molecule has 0 amide bonds. The van der Waals surface area contributed by atoms with Gasteiger partial charge in [0.2, 0.25) is 0 Å². The number of halogens is 1. The van der Waals surface area contributed by atoms with Crippen molar-refractivity contribution >= 4 is 44.0 Å². The third-order valence-corrected chi connectivity index (χ3v) is 5.62. The molecule has 0 atom stereocenters. The summed E-state index contributed by atoms with van der Waals surface area (Å²) in [6.45, 7) is 12.5. The maximum atomic E-state index is 14.9. The van der Waals surface area contributed by atoms with Crippen LogP contribution in [0.1, 0.15) is 18.1 Å². The topological polar surface area (TPSA) is 14.2 Å². The van der Waals surface area contributed by atoms with Crippen LogP contribution in [0.5, 0.6) is 0 Å². The van der Waals surface area contributed by atoms with Crippen molar-refractivity contribution in [2.24, 2.45) is 0 Å². The lowest BCUT2D eigenvalue weighted by Gasteiger charge is -2.22. The number of hydrogen-bond donors (Lipinski definition) is 0. The molecular formula is C21H18FNOS. The van der Waals surface area contributed by atoms with Gasteiger partial charge in [0.1, 0.15) is 11.6 Å².